The number of nitrogens with zero attached hydrogens (tertiary/aromatic N) is 1. The number of para-hydroxylation sites is 2. The quantitative estimate of drug-likeness (QED) is 0.176. The highest BCUT2D eigenvalue weighted by atomic mass is 16.3. The molecule has 0 aliphatic heterocycles. The Balaban J connectivity index is 1.12. The molecule has 0 aliphatic rings. The van der Waals surface area contributed by atoms with E-state index in [0.717, 1.165) is 55.7 Å². The summed E-state index contributed by atoms with van der Waals surface area (Å²) in [4.78, 5) is 2.37. The van der Waals surface area contributed by atoms with Crippen molar-refractivity contribution in [3.63, 3.8) is 0 Å². The number of rotatable bonds is 6. The third-order valence-electron chi connectivity index (χ3n) is 10.2. The molecule has 10 aromatic rings. The van der Waals surface area contributed by atoms with Crippen LogP contribution < -0.4 is 4.90 Å². The van der Waals surface area contributed by atoms with Gasteiger partial charge in [0.25, 0.3) is 0 Å². The molecule has 0 unspecified atom stereocenters. The highest BCUT2D eigenvalue weighted by molar-refractivity contribution is 6.19. The minimum atomic E-state index is 0.913. The van der Waals surface area contributed by atoms with Crippen molar-refractivity contribution in [1.82, 2.24) is 0 Å². The summed E-state index contributed by atoms with van der Waals surface area (Å²) in [5.41, 5.74) is 12.2. The van der Waals surface area contributed by atoms with Gasteiger partial charge in [-0.05, 0) is 110 Å². The van der Waals surface area contributed by atoms with E-state index in [9.17, 15) is 0 Å². The lowest BCUT2D eigenvalue weighted by atomic mass is 9.94. The molecule has 2 heteroatoms. The Morgan fingerprint density at radius 1 is 0.327 bits per heavy atom. The van der Waals surface area contributed by atoms with Gasteiger partial charge >= 0.3 is 0 Å². The Morgan fingerprint density at radius 3 is 1.75 bits per heavy atom. The van der Waals surface area contributed by atoms with Crippen LogP contribution >= 0.6 is 0 Å². The third-order valence-corrected chi connectivity index (χ3v) is 10.2. The van der Waals surface area contributed by atoms with Crippen LogP contribution in [-0.4, -0.2) is 0 Å². The van der Waals surface area contributed by atoms with Crippen LogP contribution in [0.25, 0.3) is 76.9 Å². The van der Waals surface area contributed by atoms with Crippen LogP contribution in [0.2, 0.25) is 0 Å². The van der Waals surface area contributed by atoms with E-state index in [1.807, 2.05) is 12.1 Å². The Hall–Kier alpha value is -6.90. The van der Waals surface area contributed by atoms with E-state index in [4.69, 9.17) is 4.42 Å². The summed E-state index contributed by atoms with van der Waals surface area (Å²) in [5, 5.41) is 7.20. The Morgan fingerprint density at radius 2 is 0.923 bits per heavy atom. The second kappa shape index (κ2) is 12.5. The van der Waals surface area contributed by atoms with Crippen molar-refractivity contribution in [3.8, 4) is 33.4 Å². The molecule has 10 rings (SSSR count). The fourth-order valence-electron chi connectivity index (χ4n) is 7.66. The summed E-state index contributed by atoms with van der Waals surface area (Å²) < 4.78 is 6.25. The molecule has 0 radical (unpaired) electrons. The van der Waals surface area contributed by atoms with Crippen LogP contribution in [0, 0.1) is 0 Å². The summed E-state index contributed by atoms with van der Waals surface area (Å²) in [6.45, 7) is 0. The van der Waals surface area contributed by atoms with Gasteiger partial charge in [0.1, 0.15) is 11.2 Å². The molecule has 0 bridgehead atoms. The zero-order valence-corrected chi connectivity index (χ0v) is 28.4. The fourth-order valence-corrected chi connectivity index (χ4v) is 7.66. The van der Waals surface area contributed by atoms with E-state index in [1.165, 1.54) is 38.2 Å². The van der Waals surface area contributed by atoms with Gasteiger partial charge < -0.3 is 9.32 Å². The molecule has 244 valence electrons. The first-order valence-electron chi connectivity index (χ1n) is 17.8. The van der Waals surface area contributed by atoms with Crippen LogP contribution in [0.5, 0.6) is 0 Å². The SMILES string of the molecule is c1ccc(-c2cc(-c3ccc4ccc5oc6ccccc6c5c4c3)ccc2N(c2ccccc2)c2ccc(-c3ccc4ccccc4c3)cc2)cc1. The molecule has 1 heterocycles. The van der Waals surface area contributed by atoms with E-state index in [0.29, 0.717) is 0 Å². The van der Waals surface area contributed by atoms with Gasteiger partial charge in [-0.25, -0.2) is 0 Å². The molecule has 0 atom stereocenters. The standard InChI is InChI=1S/C50H33NO/c1-3-12-36(13-4-1)45-32-41(40-22-20-37-26-30-49-50(46(37)33-40)44-17-9-10-18-48(44)52-49)25-29-47(45)51(42-15-5-2-6-16-42)43-27-23-35(24-28-43)39-21-19-34-11-7-8-14-38(34)31-39/h1-33H. The van der Waals surface area contributed by atoms with Crippen molar-refractivity contribution in [3.05, 3.63) is 200 Å². The molecule has 0 saturated carbocycles. The third kappa shape index (κ3) is 5.21. The molecule has 52 heavy (non-hydrogen) atoms. The lowest BCUT2D eigenvalue weighted by molar-refractivity contribution is 0.669. The molecular weight excluding hydrogens is 631 g/mol. The van der Waals surface area contributed by atoms with Gasteiger partial charge in [0.15, 0.2) is 0 Å². The van der Waals surface area contributed by atoms with Gasteiger partial charge in [-0.15, -0.1) is 0 Å². The zero-order chi connectivity index (χ0) is 34.4. The van der Waals surface area contributed by atoms with Crippen molar-refractivity contribution in [2.24, 2.45) is 0 Å². The van der Waals surface area contributed by atoms with E-state index < -0.39 is 0 Å². The van der Waals surface area contributed by atoms with Gasteiger partial charge in [-0.2, -0.15) is 0 Å². The number of anilines is 3. The van der Waals surface area contributed by atoms with Gasteiger partial charge in [0.2, 0.25) is 0 Å². The molecule has 1 aromatic heterocycles. The predicted octanol–water partition coefficient (Wildman–Crippen LogP) is 14.4. The summed E-state index contributed by atoms with van der Waals surface area (Å²) in [5.74, 6) is 0. The van der Waals surface area contributed by atoms with Crippen LogP contribution in [-0.2, 0) is 0 Å². The minimum absolute atomic E-state index is 0.913. The maximum absolute atomic E-state index is 6.25. The molecule has 9 aromatic carbocycles. The maximum Gasteiger partial charge on any atom is 0.136 e. The van der Waals surface area contributed by atoms with Gasteiger partial charge in [0, 0.05) is 27.7 Å². The van der Waals surface area contributed by atoms with Crippen LogP contribution in [0.1, 0.15) is 0 Å². The van der Waals surface area contributed by atoms with Gasteiger partial charge in [0.05, 0.1) is 5.69 Å². The lowest BCUT2D eigenvalue weighted by Gasteiger charge is -2.28. The average molecular weight is 664 g/mol. The average Bonchev–Trinajstić information content (AvgIpc) is 3.61. The molecule has 0 N–H and O–H groups in total. The predicted molar refractivity (Wildman–Crippen MR) is 220 cm³/mol. The number of benzene rings is 9. The molecule has 2 nitrogen and oxygen atoms in total. The highest BCUT2D eigenvalue weighted by Crippen LogP contribution is 2.44. The molecular formula is C50H33NO. The van der Waals surface area contributed by atoms with Crippen molar-refractivity contribution >= 4 is 60.5 Å². The van der Waals surface area contributed by atoms with Gasteiger partial charge in [-0.1, -0.05) is 140 Å². The topological polar surface area (TPSA) is 16.4 Å². The zero-order valence-electron chi connectivity index (χ0n) is 28.4. The smallest absolute Gasteiger partial charge is 0.136 e. The Kier molecular flexibility index (Phi) is 7.18. The fraction of sp³-hybridized carbons (Fsp3) is 0. The summed E-state index contributed by atoms with van der Waals surface area (Å²) in [6, 6.07) is 71.8. The van der Waals surface area contributed by atoms with Crippen molar-refractivity contribution < 1.29 is 4.42 Å². The van der Waals surface area contributed by atoms with E-state index in [1.54, 1.807) is 0 Å². The number of furan rings is 1. The second-order valence-corrected chi connectivity index (χ2v) is 13.4. The molecule has 0 aliphatic carbocycles. The maximum atomic E-state index is 6.25. The first kappa shape index (κ1) is 30.0. The van der Waals surface area contributed by atoms with Gasteiger partial charge in [-0.3, -0.25) is 0 Å². The summed E-state index contributed by atoms with van der Waals surface area (Å²) in [6.07, 6.45) is 0. The largest absolute Gasteiger partial charge is 0.456 e. The van der Waals surface area contributed by atoms with Crippen LogP contribution in [0.3, 0.4) is 0 Å². The van der Waals surface area contributed by atoms with E-state index in [2.05, 4.69) is 193 Å². The molecule has 0 saturated heterocycles. The minimum Gasteiger partial charge on any atom is -0.456 e. The first-order chi connectivity index (χ1) is 25.8. The van der Waals surface area contributed by atoms with E-state index >= 15 is 0 Å². The normalized spacial score (nSPS) is 11.5. The lowest BCUT2D eigenvalue weighted by Crippen LogP contribution is -2.11. The Labute approximate surface area is 302 Å². The number of hydrogen-bond donors (Lipinski definition) is 0. The number of hydrogen-bond acceptors (Lipinski definition) is 2. The van der Waals surface area contributed by atoms with Crippen molar-refractivity contribution in [1.29, 1.82) is 0 Å². The Bertz CT molecular complexity index is 2890. The second-order valence-electron chi connectivity index (χ2n) is 13.4. The highest BCUT2D eigenvalue weighted by Gasteiger charge is 2.19. The van der Waals surface area contributed by atoms with Crippen LogP contribution in [0.4, 0.5) is 17.1 Å². The first-order valence-corrected chi connectivity index (χ1v) is 17.8. The molecule has 0 fully saturated rings. The van der Waals surface area contributed by atoms with Crippen molar-refractivity contribution in [2.75, 3.05) is 4.90 Å². The molecule has 0 spiro atoms. The summed E-state index contributed by atoms with van der Waals surface area (Å²) in [7, 11) is 0. The van der Waals surface area contributed by atoms with Crippen LogP contribution in [0.15, 0.2) is 205 Å². The monoisotopic (exact) mass is 663 g/mol. The summed E-state index contributed by atoms with van der Waals surface area (Å²) >= 11 is 0. The van der Waals surface area contributed by atoms with Crippen molar-refractivity contribution in [2.45, 2.75) is 0 Å². The van der Waals surface area contributed by atoms with E-state index in [-0.39, 0.29) is 0 Å². The number of fused-ring (bicyclic) bond motifs is 6. The molecule has 0 amide bonds.